The van der Waals surface area contributed by atoms with Crippen molar-refractivity contribution in [2.45, 2.75) is 39.3 Å². The highest BCUT2D eigenvalue weighted by molar-refractivity contribution is 5.09. The second kappa shape index (κ2) is 8.20. The number of hydrogen-bond acceptors (Lipinski definition) is 3. The van der Waals surface area contributed by atoms with Crippen molar-refractivity contribution >= 4 is 0 Å². The summed E-state index contributed by atoms with van der Waals surface area (Å²) in [6.07, 6.45) is 6.21. The van der Waals surface area contributed by atoms with Crippen molar-refractivity contribution < 1.29 is 0 Å². The van der Waals surface area contributed by atoms with Crippen molar-refractivity contribution in [2.75, 3.05) is 20.1 Å². The average Bonchev–Trinajstić information content (AvgIpc) is 2.30. The Labute approximate surface area is 105 Å². The minimum Gasteiger partial charge on any atom is -0.313 e. The van der Waals surface area contributed by atoms with Gasteiger partial charge in [-0.2, -0.15) is 0 Å². The molecule has 0 aromatic carbocycles. The summed E-state index contributed by atoms with van der Waals surface area (Å²) in [6, 6.07) is 4.78. The lowest BCUT2D eigenvalue weighted by Crippen LogP contribution is -2.34. The molecule has 1 aromatic rings. The van der Waals surface area contributed by atoms with Crippen molar-refractivity contribution in [2.24, 2.45) is 0 Å². The van der Waals surface area contributed by atoms with Gasteiger partial charge in [-0.15, -0.1) is 0 Å². The Morgan fingerprint density at radius 1 is 1.35 bits per heavy atom. The van der Waals surface area contributed by atoms with Crippen molar-refractivity contribution in [3.63, 3.8) is 0 Å². The fourth-order valence-corrected chi connectivity index (χ4v) is 1.92. The monoisotopic (exact) mass is 235 g/mol. The van der Waals surface area contributed by atoms with Crippen molar-refractivity contribution in [1.29, 1.82) is 0 Å². The molecule has 1 N–H and O–H groups in total. The minimum absolute atomic E-state index is 0.634. The molecule has 17 heavy (non-hydrogen) atoms. The van der Waals surface area contributed by atoms with Crippen LogP contribution in [0.25, 0.3) is 0 Å². The zero-order valence-corrected chi connectivity index (χ0v) is 11.3. The lowest BCUT2D eigenvalue weighted by Gasteiger charge is -2.19. The first-order chi connectivity index (χ1) is 8.22. The third-order valence-corrected chi connectivity index (χ3v) is 2.91. The van der Waals surface area contributed by atoms with Crippen LogP contribution in [0, 0.1) is 0 Å². The van der Waals surface area contributed by atoms with E-state index in [-0.39, 0.29) is 0 Å². The lowest BCUT2D eigenvalue weighted by atomic mass is 10.2. The average molecular weight is 235 g/mol. The van der Waals surface area contributed by atoms with Crippen LogP contribution < -0.4 is 5.32 Å². The van der Waals surface area contributed by atoms with E-state index in [1.165, 1.54) is 18.4 Å². The minimum atomic E-state index is 0.634. The highest BCUT2D eigenvalue weighted by Crippen LogP contribution is 2.00. The molecule has 1 unspecified atom stereocenters. The van der Waals surface area contributed by atoms with E-state index in [1.54, 1.807) is 0 Å². The molecular weight excluding hydrogens is 210 g/mol. The van der Waals surface area contributed by atoms with Crippen molar-refractivity contribution in [3.05, 3.63) is 30.1 Å². The predicted molar refractivity (Wildman–Crippen MR) is 72.9 cm³/mol. The van der Waals surface area contributed by atoms with Gasteiger partial charge < -0.3 is 10.2 Å². The standard InChI is InChI=1S/C14H25N3/c1-4-5-13(2)16-10-11-17(3)12-14-6-8-15-9-7-14/h6-9,13,16H,4-5,10-12H2,1-3H3. The first-order valence-corrected chi connectivity index (χ1v) is 6.53. The van der Waals surface area contributed by atoms with Gasteiger partial charge in [0.05, 0.1) is 0 Å². The van der Waals surface area contributed by atoms with Gasteiger partial charge in [0.2, 0.25) is 0 Å². The number of nitrogens with one attached hydrogen (secondary N) is 1. The number of aromatic nitrogens is 1. The molecule has 3 heteroatoms. The molecule has 0 saturated carbocycles. The van der Waals surface area contributed by atoms with Crippen molar-refractivity contribution in [1.82, 2.24) is 15.2 Å². The summed E-state index contributed by atoms with van der Waals surface area (Å²) in [5, 5.41) is 3.55. The van der Waals surface area contributed by atoms with E-state index in [1.807, 2.05) is 12.4 Å². The van der Waals surface area contributed by atoms with Crippen LogP contribution in [0.1, 0.15) is 32.3 Å². The summed E-state index contributed by atoms with van der Waals surface area (Å²) in [5.74, 6) is 0. The molecule has 1 atom stereocenters. The predicted octanol–water partition coefficient (Wildman–Crippen LogP) is 2.29. The number of nitrogens with zero attached hydrogens (tertiary/aromatic N) is 2. The van der Waals surface area contributed by atoms with Crippen LogP contribution in [0.3, 0.4) is 0 Å². The molecule has 1 aromatic heterocycles. The molecule has 0 spiro atoms. The van der Waals surface area contributed by atoms with Crippen molar-refractivity contribution in [3.8, 4) is 0 Å². The van der Waals surface area contributed by atoms with E-state index in [0.717, 1.165) is 19.6 Å². The summed E-state index contributed by atoms with van der Waals surface area (Å²) in [4.78, 5) is 6.36. The summed E-state index contributed by atoms with van der Waals surface area (Å²) in [5.41, 5.74) is 1.32. The van der Waals surface area contributed by atoms with Gasteiger partial charge in [0.25, 0.3) is 0 Å². The van der Waals surface area contributed by atoms with Gasteiger partial charge in [0, 0.05) is 38.1 Å². The molecule has 96 valence electrons. The van der Waals surface area contributed by atoms with E-state index >= 15 is 0 Å². The second-order valence-corrected chi connectivity index (χ2v) is 4.74. The molecule has 0 aliphatic heterocycles. The highest BCUT2D eigenvalue weighted by atomic mass is 15.1. The maximum absolute atomic E-state index is 4.03. The maximum Gasteiger partial charge on any atom is 0.0271 e. The zero-order chi connectivity index (χ0) is 12.5. The van der Waals surface area contributed by atoms with E-state index < -0.39 is 0 Å². The first kappa shape index (κ1) is 14.1. The molecule has 0 saturated heterocycles. The topological polar surface area (TPSA) is 28.2 Å². The Bertz CT molecular complexity index is 287. The van der Waals surface area contributed by atoms with Crippen LogP contribution in [0.2, 0.25) is 0 Å². The van der Waals surface area contributed by atoms with Crippen LogP contribution >= 0.6 is 0 Å². The van der Waals surface area contributed by atoms with E-state index in [2.05, 4.69) is 48.2 Å². The molecule has 0 fully saturated rings. The Kier molecular flexibility index (Phi) is 6.82. The number of hydrogen-bond donors (Lipinski definition) is 1. The molecule has 0 bridgehead atoms. The first-order valence-electron chi connectivity index (χ1n) is 6.53. The van der Waals surface area contributed by atoms with Crippen LogP contribution in [0.15, 0.2) is 24.5 Å². The molecule has 0 amide bonds. The largest absolute Gasteiger partial charge is 0.313 e. The summed E-state index contributed by atoms with van der Waals surface area (Å²) in [6.45, 7) is 7.62. The molecule has 1 heterocycles. The third kappa shape index (κ3) is 6.39. The van der Waals surface area contributed by atoms with E-state index in [9.17, 15) is 0 Å². The van der Waals surface area contributed by atoms with E-state index in [4.69, 9.17) is 0 Å². The number of pyridine rings is 1. The van der Waals surface area contributed by atoms with Gasteiger partial charge in [0.15, 0.2) is 0 Å². The Hall–Kier alpha value is -0.930. The fraction of sp³-hybridized carbons (Fsp3) is 0.643. The van der Waals surface area contributed by atoms with Gasteiger partial charge in [-0.1, -0.05) is 13.3 Å². The SMILES string of the molecule is CCCC(C)NCCN(C)Cc1ccncc1. The molecule has 0 radical (unpaired) electrons. The highest BCUT2D eigenvalue weighted by Gasteiger charge is 2.02. The van der Waals surface area contributed by atoms with E-state index in [0.29, 0.717) is 6.04 Å². The van der Waals surface area contributed by atoms with Crippen LogP contribution in [-0.2, 0) is 6.54 Å². The van der Waals surface area contributed by atoms with Crippen LogP contribution in [-0.4, -0.2) is 36.1 Å². The Morgan fingerprint density at radius 2 is 2.06 bits per heavy atom. The third-order valence-electron chi connectivity index (χ3n) is 2.91. The van der Waals surface area contributed by atoms with Gasteiger partial charge in [-0.3, -0.25) is 4.98 Å². The molecule has 1 rings (SSSR count). The van der Waals surface area contributed by atoms with Gasteiger partial charge in [-0.25, -0.2) is 0 Å². The van der Waals surface area contributed by atoms with Gasteiger partial charge in [-0.05, 0) is 38.1 Å². The molecular formula is C14H25N3. The fourth-order valence-electron chi connectivity index (χ4n) is 1.92. The smallest absolute Gasteiger partial charge is 0.0271 e. The quantitative estimate of drug-likeness (QED) is 0.749. The molecule has 0 aliphatic carbocycles. The Balaban J connectivity index is 2.15. The normalized spacial score (nSPS) is 12.9. The summed E-state index contributed by atoms with van der Waals surface area (Å²) < 4.78 is 0. The number of rotatable bonds is 8. The molecule has 0 aliphatic rings. The van der Waals surface area contributed by atoms with Gasteiger partial charge in [0.1, 0.15) is 0 Å². The van der Waals surface area contributed by atoms with Gasteiger partial charge >= 0.3 is 0 Å². The number of likely N-dealkylation sites (N-methyl/N-ethyl adjacent to an activating group) is 1. The summed E-state index contributed by atoms with van der Waals surface area (Å²) in [7, 11) is 2.16. The molecule has 3 nitrogen and oxygen atoms in total. The van der Waals surface area contributed by atoms with Crippen LogP contribution in [0.4, 0.5) is 0 Å². The summed E-state index contributed by atoms with van der Waals surface area (Å²) >= 11 is 0. The Morgan fingerprint density at radius 3 is 2.71 bits per heavy atom. The zero-order valence-electron chi connectivity index (χ0n) is 11.3. The second-order valence-electron chi connectivity index (χ2n) is 4.74. The lowest BCUT2D eigenvalue weighted by molar-refractivity contribution is 0.316. The maximum atomic E-state index is 4.03. The van der Waals surface area contributed by atoms with Crippen LogP contribution in [0.5, 0.6) is 0 Å².